The summed E-state index contributed by atoms with van der Waals surface area (Å²) in [5.74, 6) is 0.497. The number of ketones is 1. The lowest BCUT2D eigenvalue weighted by Crippen LogP contribution is -2.38. The van der Waals surface area contributed by atoms with Crippen molar-refractivity contribution in [2.24, 2.45) is 0 Å². The van der Waals surface area contributed by atoms with Crippen molar-refractivity contribution in [1.82, 2.24) is 4.72 Å². The largest absolute Gasteiger partial charge is 0.369 e. The Bertz CT molecular complexity index is 949. The number of hydrogen-bond acceptors (Lipinski definition) is 4. The van der Waals surface area contributed by atoms with E-state index in [1.807, 2.05) is 25.1 Å². The van der Waals surface area contributed by atoms with Crippen LogP contribution >= 0.6 is 12.8 Å². The smallest absolute Gasteiger partial charge is 0.242 e. The van der Waals surface area contributed by atoms with E-state index in [9.17, 15) is 13.6 Å². The van der Waals surface area contributed by atoms with E-state index in [4.69, 9.17) is 0 Å². The number of nitrogens with zero attached hydrogens (tertiary/aromatic N) is 1. The van der Waals surface area contributed by atoms with Crippen LogP contribution in [0.4, 0.5) is 14.5 Å². The Kier molecular flexibility index (Phi) is 8.34. The van der Waals surface area contributed by atoms with Crippen LogP contribution in [0.5, 0.6) is 0 Å². The quantitative estimate of drug-likeness (QED) is 0.436. The van der Waals surface area contributed by atoms with Gasteiger partial charge in [-0.15, -0.1) is 0 Å². The molecule has 32 heavy (non-hydrogen) atoms. The maximum atomic E-state index is 12.9. The molecule has 0 saturated carbocycles. The van der Waals surface area contributed by atoms with E-state index in [2.05, 4.69) is 54.5 Å². The summed E-state index contributed by atoms with van der Waals surface area (Å²) in [6.07, 6.45) is -0.689. The molecule has 0 heterocycles. The number of thiol groups is 1. The summed E-state index contributed by atoms with van der Waals surface area (Å²) in [5.41, 5.74) is 6.28. The van der Waals surface area contributed by atoms with E-state index in [1.165, 1.54) is 16.7 Å². The number of carbonyl (C=O) groups excluding carboxylic acids is 1. The van der Waals surface area contributed by atoms with Crippen molar-refractivity contribution in [3.05, 3.63) is 64.2 Å². The number of rotatable bonds is 10. The third-order valence-electron chi connectivity index (χ3n) is 6.58. The van der Waals surface area contributed by atoms with Crippen molar-refractivity contribution in [3.63, 3.8) is 0 Å². The number of carbonyl (C=O) groups is 1. The Hall–Kier alpha value is -1.92. The molecule has 3 rings (SSSR count). The molecule has 0 saturated heterocycles. The predicted molar refractivity (Wildman–Crippen MR) is 131 cm³/mol. The molecule has 3 nitrogen and oxygen atoms in total. The first-order chi connectivity index (χ1) is 15.2. The molecule has 174 valence electrons. The van der Waals surface area contributed by atoms with Gasteiger partial charge in [-0.1, -0.05) is 44.0 Å². The van der Waals surface area contributed by atoms with Crippen molar-refractivity contribution in [1.29, 1.82) is 0 Å². The van der Waals surface area contributed by atoms with Gasteiger partial charge in [0.25, 0.3) is 0 Å². The Labute approximate surface area is 196 Å². The molecule has 0 radical (unpaired) electrons. The van der Waals surface area contributed by atoms with Crippen LogP contribution in [0.15, 0.2) is 36.4 Å². The second-order valence-corrected chi connectivity index (χ2v) is 9.46. The number of nitrogens with one attached hydrogen (secondary N) is 1. The fourth-order valence-corrected chi connectivity index (χ4v) is 4.80. The molecule has 0 aliphatic heterocycles. The van der Waals surface area contributed by atoms with Crippen LogP contribution < -0.4 is 9.62 Å². The standard InChI is InChI=1S/C26H34F2N2OS/c1-16-11-23(9-7-22(16)13-26(27)28)30(15-18(3)29-32)14-17(2)21-6-5-20-8-10-24(19(4)31)25(20)12-21/h5-7,9,11-12,17-18,24,26,29,32H,8,10,13-15H2,1-4H3. The van der Waals surface area contributed by atoms with Crippen LogP contribution in [0, 0.1) is 6.92 Å². The molecule has 0 aromatic heterocycles. The molecule has 6 heteroatoms. The first-order valence-corrected chi connectivity index (χ1v) is 11.8. The van der Waals surface area contributed by atoms with Crippen LogP contribution in [0.2, 0.25) is 0 Å². The molecule has 1 aliphatic carbocycles. The summed E-state index contributed by atoms with van der Waals surface area (Å²) in [6.45, 7) is 9.35. The average Bonchev–Trinajstić information content (AvgIpc) is 3.17. The summed E-state index contributed by atoms with van der Waals surface area (Å²) in [5, 5.41) is 0. The van der Waals surface area contributed by atoms with E-state index in [0.717, 1.165) is 37.2 Å². The van der Waals surface area contributed by atoms with Gasteiger partial charge in [0, 0.05) is 37.2 Å². The molecule has 3 unspecified atom stereocenters. The van der Waals surface area contributed by atoms with Gasteiger partial charge in [-0.3, -0.25) is 9.52 Å². The Morgan fingerprint density at radius 1 is 1.19 bits per heavy atom. The molecule has 1 N–H and O–H groups in total. The number of aryl methyl sites for hydroxylation is 2. The summed E-state index contributed by atoms with van der Waals surface area (Å²) in [4.78, 5) is 14.3. The maximum Gasteiger partial charge on any atom is 0.242 e. The number of hydrogen-bond donors (Lipinski definition) is 2. The topological polar surface area (TPSA) is 32.3 Å². The number of Topliss-reactive ketones (excluding diaryl/α,β-unsaturated/α-hetero) is 1. The van der Waals surface area contributed by atoms with Crippen molar-refractivity contribution in [2.75, 3.05) is 18.0 Å². The lowest BCUT2D eigenvalue weighted by molar-refractivity contribution is -0.118. The van der Waals surface area contributed by atoms with Crippen molar-refractivity contribution < 1.29 is 13.6 Å². The fourth-order valence-electron chi connectivity index (χ4n) is 4.71. The maximum absolute atomic E-state index is 12.9. The summed E-state index contributed by atoms with van der Waals surface area (Å²) < 4.78 is 28.7. The Balaban J connectivity index is 1.84. The van der Waals surface area contributed by atoms with Crippen LogP contribution in [-0.2, 0) is 17.6 Å². The highest BCUT2D eigenvalue weighted by atomic mass is 32.1. The van der Waals surface area contributed by atoms with Crippen molar-refractivity contribution >= 4 is 24.3 Å². The minimum Gasteiger partial charge on any atom is -0.369 e. The van der Waals surface area contributed by atoms with Crippen LogP contribution in [-0.4, -0.2) is 31.3 Å². The molecule has 0 amide bonds. The Morgan fingerprint density at radius 2 is 1.94 bits per heavy atom. The van der Waals surface area contributed by atoms with E-state index < -0.39 is 6.43 Å². The van der Waals surface area contributed by atoms with E-state index in [1.54, 1.807) is 6.92 Å². The van der Waals surface area contributed by atoms with Gasteiger partial charge in [-0.2, -0.15) is 0 Å². The van der Waals surface area contributed by atoms with Gasteiger partial charge < -0.3 is 4.90 Å². The molecular weight excluding hydrogens is 426 g/mol. The number of anilines is 1. The molecular formula is C26H34F2N2OS. The lowest BCUT2D eigenvalue weighted by Gasteiger charge is -2.31. The second kappa shape index (κ2) is 10.8. The highest BCUT2D eigenvalue weighted by Crippen LogP contribution is 2.36. The van der Waals surface area contributed by atoms with Gasteiger partial charge in [0.2, 0.25) is 6.43 Å². The zero-order valence-corrected chi connectivity index (χ0v) is 20.3. The van der Waals surface area contributed by atoms with Crippen LogP contribution in [0.25, 0.3) is 0 Å². The van der Waals surface area contributed by atoms with E-state index in [-0.39, 0.29) is 30.1 Å². The molecule has 0 fully saturated rings. The third kappa shape index (κ3) is 5.90. The second-order valence-electron chi connectivity index (χ2n) is 9.20. The molecule has 2 aromatic carbocycles. The first-order valence-electron chi connectivity index (χ1n) is 11.3. The number of fused-ring (bicyclic) bond motifs is 1. The van der Waals surface area contributed by atoms with Gasteiger partial charge in [0.15, 0.2) is 0 Å². The van der Waals surface area contributed by atoms with Gasteiger partial charge >= 0.3 is 0 Å². The Morgan fingerprint density at radius 3 is 2.56 bits per heavy atom. The SMILES string of the molecule is CC(=O)C1CCc2ccc(C(C)CN(CC(C)NS)c3ccc(CC(F)F)c(C)c3)cc21. The minimum atomic E-state index is -2.34. The highest BCUT2D eigenvalue weighted by Gasteiger charge is 2.27. The fraction of sp³-hybridized carbons (Fsp3) is 0.500. The van der Waals surface area contributed by atoms with Gasteiger partial charge in [0.1, 0.15) is 5.78 Å². The van der Waals surface area contributed by atoms with Crippen LogP contribution in [0.3, 0.4) is 0 Å². The first kappa shape index (κ1) is 24.7. The molecule has 2 aromatic rings. The van der Waals surface area contributed by atoms with Crippen molar-refractivity contribution in [2.45, 2.75) is 71.3 Å². The lowest BCUT2D eigenvalue weighted by atomic mass is 9.92. The summed E-state index contributed by atoms with van der Waals surface area (Å²) in [6, 6.07) is 12.5. The van der Waals surface area contributed by atoms with Gasteiger partial charge in [0.05, 0.1) is 0 Å². The monoisotopic (exact) mass is 460 g/mol. The average molecular weight is 461 g/mol. The number of benzene rings is 2. The number of alkyl halides is 2. The highest BCUT2D eigenvalue weighted by molar-refractivity contribution is 7.78. The third-order valence-corrected chi connectivity index (χ3v) is 7.02. The van der Waals surface area contributed by atoms with Gasteiger partial charge in [-0.05, 0) is 79.5 Å². The van der Waals surface area contributed by atoms with Gasteiger partial charge in [-0.25, -0.2) is 8.78 Å². The number of halogens is 2. The van der Waals surface area contributed by atoms with Crippen LogP contribution in [0.1, 0.15) is 66.8 Å². The summed E-state index contributed by atoms with van der Waals surface area (Å²) in [7, 11) is 0. The normalized spacial score (nSPS) is 17.3. The molecule has 0 bridgehead atoms. The van der Waals surface area contributed by atoms with E-state index >= 15 is 0 Å². The van der Waals surface area contributed by atoms with E-state index in [0.29, 0.717) is 5.56 Å². The molecule has 1 aliphatic rings. The summed E-state index contributed by atoms with van der Waals surface area (Å²) >= 11 is 4.22. The predicted octanol–water partition coefficient (Wildman–Crippen LogP) is 5.85. The zero-order valence-electron chi connectivity index (χ0n) is 19.4. The molecule has 0 spiro atoms. The molecule has 3 atom stereocenters. The zero-order chi connectivity index (χ0) is 23.4. The van der Waals surface area contributed by atoms with Crippen molar-refractivity contribution in [3.8, 4) is 0 Å². The minimum absolute atomic E-state index is 0.0201.